The average molecular weight is 389 g/mol. The third-order valence-electron chi connectivity index (χ3n) is 4.27. The number of rotatable bonds is 15. The van der Waals surface area contributed by atoms with Crippen LogP contribution in [-0.2, 0) is 28.9 Å². The fourth-order valence-electron chi connectivity index (χ4n) is 2.64. The van der Waals surface area contributed by atoms with Gasteiger partial charge in [0.2, 0.25) is 5.60 Å². The highest BCUT2D eigenvalue weighted by molar-refractivity contribution is 5.84. The molecule has 0 radical (unpaired) electrons. The molecule has 1 unspecified atom stereocenters. The van der Waals surface area contributed by atoms with Gasteiger partial charge in [-0.15, -0.1) is 0 Å². The summed E-state index contributed by atoms with van der Waals surface area (Å²) in [6.07, 6.45) is 8.15. The minimum atomic E-state index is -1.83. The monoisotopic (exact) mass is 388 g/mol. The smallest absolute Gasteiger partial charge is 0.401 e. The van der Waals surface area contributed by atoms with E-state index in [2.05, 4.69) is 16.7 Å². The van der Waals surface area contributed by atoms with Gasteiger partial charge in [-0.2, -0.15) is 0 Å². The molecule has 0 rings (SSSR count). The highest BCUT2D eigenvalue weighted by Gasteiger charge is 2.44. The van der Waals surface area contributed by atoms with Gasteiger partial charge in [-0.25, -0.2) is 19.4 Å². The van der Waals surface area contributed by atoms with Gasteiger partial charge in [-0.3, -0.25) is 4.79 Å². The van der Waals surface area contributed by atoms with Crippen LogP contribution in [0, 0.1) is 0 Å². The van der Waals surface area contributed by atoms with Crippen molar-refractivity contribution in [1.29, 1.82) is 0 Å². The molecule has 1 atom stereocenters. The fraction of sp³-hybridized carbons (Fsp3) is 0.850. The van der Waals surface area contributed by atoms with Crippen LogP contribution in [0.4, 0.5) is 0 Å². The van der Waals surface area contributed by atoms with Gasteiger partial charge in [0.05, 0.1) is 13.0 Å². The predicted molar refractivity (Wildman–Crippen MR) is 101 cm³/mol. The van der Waals surface area contributed by atoms with E-state index in [1.807, 2.05) is 6.92 Å². The summed E-state index contributed by atoms with van der Waals surface area (Å²) < 4.78 is 5.27. The highest BCUT2D eigenvalue weighted by Crippen LogP contribution is 2.22. The number of hydrogen-bond donors (Lipinski definition) is 1. The molecule has 0 fully saturated rings. The number of carbonyl (C=O) groups excluding carboxylic acids is 3. The van der Waals surface area contributed by atoms with Crippen molar-refractivity contribution >= 4 is 17.9 Å². The summed E-state index contributed by atoms with van der Waals surface area (Å²) in [5, 5.41) is 9.69. The second kappa shape index (κ2) is 15.4. The molecule has 0 aliphatic rings. The number of aliphatic hydroxyl groups is 1. The van der Waals surface area contributed by atoms with E-state index >= 15 is 0 Å². The van der Waals surface area contributed by atoms with Crippen molar-refractivity contribution in [3.63, 3.8) is 0 Å². The largest absolute Gasteiger partial charge is 0.444 e. The topological polar surface area (TPSA) is 99.1 Å². The van der Waals surface area contributed by atoms with Gasteiger partial charge in [0, 0.05) is 12.8 Å². The van der Waals surface area contributed by atoms with Gasteiger partial charge in [0.25, 0.3) is 0 Å². The molecule has 0 aromatic carbocycles. The van der Waals surface area contributed by atoms with E-state index in [-0.39, 0.29) is 19.3 Å². The maximum atomic E-state index is 12.3. The van der Waals surface area contributed by atoms with Crippen LogP contribution in [-0.4, -0.2) is 35.2 Å². The lowest BCUT2D eigenvalue weighted by atomic mass is 9.99. The molecule has 0 heterocycles. The fourth-order valence-corrected chi connectivity index (χ4v) is 2.64. The summed E-state index contributed by atoms with van der Waals surface area (Å²) in [6, 6.07) is 0. The number of hydrogen-bond acceptors (Lipinski definition) is 7. The van der Waals surface area contributed by atoms with Crippen molar-refractivity contribution in [2.24, 2.45) is 0 Å². The number of ether oxygens (including phenoxy) is 1. The summed E-state index contributed by atoms with van der Waals surface area (Å²) in [6.45, 7) is 5.17. The molecule has 0 aliphatic heterocycles. The first kappa shape index (κ1) is 25.4. The van der Waals surface area contributed by atoms with E-state index in [4.69, 9.17) is 4.74 Å². The molecule has 0 aromatic heterocycles. The van der Waals surface area contributed by atoms with Gasteiger partial charge >= 0.3 is 17.9 Å². The minimum Gasteiger partial charge on any atom is -0.444 e. The predicted octanol–water partition coefficient (Wildman–Crippen LogP) is 4.00. The lowest BCUT2D eigenvalue weighted by molar-refractivity contribution is -0.274. The average Bonchev–Trinajstić information content (AvgIpc) is 2.65. The van der Waals surface area contributed by atoms with E-state index in [9.17, 15) is 19.5 Å². The zero-order chi connectivity index (χ0) is 20.5. The van der Waals surface area contributed by atoms with Crippen molar-refractivity contribution in [1.82, 2.24) is 0 Å². The van der Waals surface area contributed by atoms with Gasteiger partial charge in [0.15, 0.2) is 0 Å². The number of unbranched alkanes of at least 4 members (excludes halogenated alkanes) is 6. The Morgan fingerprint density at radius 1 is 0.741 bits per heavy atom. The number of carbonyl (C=O) groups is 3. The molecule has 7 nitrogen and oxygen atoms in total. The van der Waals surface area contributed by atoms with Crippen molar-refractivity contribution < 1.29 is 34.0 Å². The van der Waals surface area contributed by atoms with Crippen LogP contribution < -0.4 is 0 Å². The van der Waals surface area contributed by atoms with Crippen LogP contribution in [0.3, 0.4) is 0 Å². The number of esters is 1. The maximum Gasteiger partial charge on any atom is 0.401 e. The number of aliphatic hydroxyl groups excluding tert-OH is 1. The molecule has 27 heavy (non-hydrogen) atoms. The third kappa shape index (κ3) is 11.0. The first-order valence-electron chi connectivity index (χ1n) is 10.2. The maximum absolute atomic E-state index is 12.3. The zero-order valence-electron chi connectivity index (χ0n) is 17.1. The molecule has 0 saturated carbocycles. The highest BCUT2D eigenvalue weighted by atomic mass is 17.2. The van der Waals surface area contributed by atoms with Crippen LogP contribution in [0.1, 0.15) is 97.8 Å². The van der Waals surface area contributed by atoms with Crippen LogP contribution in [0.5, 0.6) is 0 Å². The van der Waals surface area contributed by atoms with Crippen molar-refractivity contribution in [3.05, 3.63) is 0 Å². The van der Waals surface area contributed by atoms with Gasteiger partial charge in [-0.1, -0.05) is 65.7 Å². The van der Waals surface area contributed by atoms with E-state index < -0.39 is 30.1 Å². The van der Waals surface area contributed by atoms with Crippen LogP contribution >= 0.6 is 0 Å². The van der Waals surface area contributed by atoms with Crippen molar-refractivity contribution in [3.8, 4) is 0 Å². The lowest BCUT2D eigenvalue weighted by Crippen LogP contribution is -2.48. The molecular formula is C20H36O7. The summed E-state index contributed by atoms with van der Waals surface area (Å²) in [4.78, 5) is 45.1. The van der Waals surface area contributed by atoms with Gasteiger partial charge in [-0.05, 0) is 12.8 Å². The Morgan fingerprint density at radius 2 is 1.30 bits per heavy atom. The van der Waals surface area contributed by atoms with E-state index in [0.29, 0.717) is 19.3 Å². The van der Waals surface area contributed by atoms with E-state index in [0.717, 1.165) is 38.5 Å². The molecule has 7 heteroatoms. The Kier molecular flexibility index (Phi) is 14.5. The SMILES string of the molecule is CCCCCCCC(=O)OC(CO)(CCC)C(=O)OOC(=O)CCCCC. The quantitative estimate of drug-likeness (QED) is 0.196. The summed E-state index contributed by atoms with van der Waals surface area (Å²) >= 11 is 0. The van der Waals surface area contributed by atoms with Crippen LogP contribution in [0.15, 0.2) is 0 Å². The molecule has 0 aromatic rings. The molecule has 0 amide bonds. The Balaban J connectivity index is 4.60. The first-order valence-corrected chi connectivity index (χ1v) is 10.2. The molecular weight excluding hydrogens is 352 g/mol. The Morgan fingerprint density at radius 3 is 1.89 bits per heavy atom. The van der Waals surface area contributed by atoms with Gasteiger partial charge < -0.3 is 9.84 Å². The lowest BCUT2D eigenvalue weighted by Gasteiger charge is -2.27. The summed E-state index contributed by atoms with van der Waals surface area (Å²) in [5.41, 5.74) is -1.83. The molecule has 0 saturated heterocycles. The normalized spacial score (nSPS) is 12.9. The van der Waals surface area contributed by atoms with E-state index in [1.165, 1.54) is 0 Å². The van der Waals surface area contributed by atoms with E-state index in [1.54, 1.807) is 6.92 Å². The zero-order valence-corrected chi connectivity index (χ0v) is 17.1. The first-order chi connectivity index (χ1) is 13.0. The van der Waals surface area contributed by atoms with Crippen molar-refractivity contribution in [2.45, 2.75) is 103 Å². The molecule has 0 aliphatic carbocycles. The van der Waals surface area contributed by atoms with Crippen molar-refractivity contribution in [2.75, 3.05) is 6.61 Å². The standard InChI is InChI=1S/C20H36O7/c1-4-7-9-10-12-13-17(22)25-20(16-21,15-6-3)19(24)27-26-18(23)14-11-8-5-2/h21H,4-16H2,1-3H3. The molecule has 158 valence electrons. The Hall–Kier alpha value is -1.63. The summed E-state index contributed by atoms with van der Waals surface area (Å²) in [7, 11) is 0. The molecule has 1 N–H and O–H groups in total. The summed E-state index contributed by atoms with van der Waals surface area (Å²) in [5.74, 6) is -2.29. The Labute approximate surface area is 162 Å². The van der Waals surface area contributed by atoms with Gasteiger partial charge in [0.1, 0.15) is 0 Å². The minimum absolute atomic E-state index is 0.0806. The molecule has 0 bridgehead atoms. The van der Waals surface area contributed by atoms with Crippen LogP contribution in [0.25, 0.3) is 0 Å². The Bertz CT molecular complexity index is 436. The second-order valence-electron chi connectivity index (χ2n) is 6.82. The molecule has 0 spiro atoms. The van der Waals surface area contributed by atoms with Crippen LogP contribution in [0.2, 0.25) is 0 Å². The third-order valence-corrected chi connectivity index (χ3v) is 4.27. The second-order valence-corrected chi connectivity index (χ2v) is 6.82.